The molecule has 24 heavy (non-hydrogen) atoms. The van der Waals surface area contributed by atoms with Gasteiger partial charge in [0.25, 0.3) is 0 Å². The molecule has 1 saturated carbocycles. The van der Waals surface area contributed by atoms with E-state index in [4.69, 9.17) is 0 Å². The first-order chi connectivity index (χ1) is 11.3. The maximum Gasteiger partial charge on any atom is 0.156 e. The largest absolute Gasteiger partial charge is 0.392 e. The van der Waals surface area contributed by atoms with E-state index in [0.29, 0.717) is 24.7 Å². The molecule has 0 aromatic heterocycles. The lowest BCUT2D eigenvalue weighted by Crippen LogP contribution is -2.54. The number of carbonyl (C=O) groups is 2. The molecule has 0 spiro atoms. The summed E-state index contributed by atoms with van der Waals surface area (Å²) in [6, 6.07) is 0. The van der Waals surface area contributed by atoms with Gasteiger partial charge in [-0.05, 0) is 66.6 Å². The molecular weight excluding hydrogens is 300 g/mol. The Balaban J connectivity index is 1.78. The summed E-state index contributed by atoms with van der Waals surface area (Å²) in [6.45, 7) is 5.95. The van der Waals surface area contributed by atoms with Gasteiger partial charge in [-0.15, -0.1) is 0 Å². The smallest absolute Gasteiger partial charge is 0.156 e. The molecule has 4 rings (SSSR count). The van der Waals surface area contributed by atoms with Crippen molar-refractivity contribution in [3.8, 4) is 0 Å². The van der Waals surface area contributed by atoms with Crippen LogP contribution in [0, 0.1) is 28.6 Å². The molecule has 6 atom stereocenters. The lowest BCUT2D eigenvalue weighted by atomic mass is 9.48. The second-order valence-corrected chi connectivity index (χ2v) is 8.58. The van der Waals surface area contributed by atoms with Crippen LogP contribution in [0.15, 0.2) is 35.5 Å². The number of hydrogen-bond acceptors (Lipinski definition) is 3. The normalized spacial score (nSPS) is 46.6. The van der Waals surface area contributed by atoms with Crippen LogP contribution >= 0.6 is 0 Å². The maximum atomic E-state index is 12.1. The monoisotopic (exact) mass is 326 g/mol. The number of ketones is 2. The lowest BCUT2D eigenvalue weighted by Gasteiger charge is -2.57. The molecule has 3 nitrogen and oxygen atoms in total. The summed E-state index contributed by atoms with van der Waals surface area (Å²) in [4.78, 5) is 23.9. The van der Waals surface area contributed by atoms with E-state index in [2.05, 4.69) is 32.1 Å². The SMILES string of the molecule is CC(=O)C1=CCC2C3C=CC4=CC(=O)CCC4(C)C3C[C@@H](O)C12C. The Labute approximate surface area is 143 Å². The zero-order valence-electron chi connectivity index (χ0n) is 14.7. The molecule has 0 aliphatic heterocycles. The molecule has 5 unspecified atom stereocenters. The first-order valence-electron chi connectivity index (χ1n) is 9.11. The van der Waals surface area contributed by atoms with E-state index in [1.807, 2.05) is 6.08 Å². The van der Waals surface area contributed by atoms with Crippen molar-refractivity contribution in [2.75, 3.05) is 0 Å². The number of aliphatic hydroxyl groups is 1. The highest BCUT2D eigenvalue weighted by Crippen LogP contribution is 2.63. The van der Waals surface area contributed by atoms with E-state index in [1.165, 1.54) is 0 Å². The molecule has 0 bridgehead atoms. The van der Waals surface area contributed by atoms with Crippen molar-refractivity contribution in [1.29, 1.82) is 0 Å². The third kappa shape index (κ3) is 1.88. The Kier molecular flexibility index (Phi) is 3.34. The van der Waals surface area contributed by atoms with Crippen LogP contribution in [-0.4, -0.2) is 22.8 Å². The lowest BCUT2D eigenvalue weighted by molar-refractivity contribution is -0.122. The Morgan fingerprint density at radius 1 is 1.29 bits per heavy atom. The second-order valence-electron chi connectivity index (χ2n) is 8.58. The predicted octanol–water partition coefficient (Wildman–Crippen LogP) is 3.39. The minimum atomic E-state index is -0.497. The second kappa shape index (κ2) is 5.01. The van der Waals surface area contributed by atoms with Gasteiger partial charge in [0.05, 0.1) is 6.10 Å². The predicted molar refractivity (Wildman–Crippen MR) is 92.2 cm³/mol. The van der Waals surface area contributed by atoms with E-state index in [1.54, 1.807) is 6.92 Å². The molecule has 4 aliphatic rings. The van der Waals surface area contributed by atoms with E-state index in [-0.39, 0.29) is 22.9 Å². The average molecular weight is 326 g/mol. The first kappa shape index (κ1) is 16.0. The van der Waals surface area contributed by atoms with Crippen LogP contribution in [0.3, 0.4) is 0 Å². The molecule has 0 amide bonds. The Morgan fingerprint density at radius 3 is 2.75 bits per heavy atom. The van der Waals surface area contributed by atoms with Crippen LogP contribution in [-0.2, 0) is 9.59 Å². The quantitative estimate of drug-likeness (QED) is 0.803. The highest BCUT2D eigenvalue weighted by atomic mass is 16.3. The van der Waals surface area contributed by atoms with Crippen molar-refractivity contribution in [2.45, 2.75) is 52.6 Å². The molecular formula is C21H26O3. The zero-order chi connectivity index (χ0) is 17.3. The van der Waals surface area contributed by atoms with Gasteiger partial charge in [0.15, 0.2) is 11.6 Å². The van der Waals surface area contributed by atoms with E-state index in [9.17, 15) is 14.7 Å². The number of fused-ring (bicyclic) bond motifs is 5. The van der Waals surface area contributed by atoms with Gasteiger partial charge in [-0.25, -0.2) is 0 Å². The van der Waals surface area contributed by atoms with Gasteiger partial charge in [0, 0.05) is 11.8 Å². The summed E-state index contributed by atoms with van der Waals surface area (Å²) in [6.07, 6.45) is 10.8. The molecule has 0 radical (unpaired) electrons. The van der Waals surface area contributed by atoms with Crippen molar-refractivity contribution in [2.24, 2.45) is 28.6 Å². The van der Waals surface area contributed by atoms with E-state index in [0.717, 1.165) is 24.0 Å². The summed E-state index contributed by atoms with van der Waals surface area (Å²) in [7, 11) is 0. The Hall–Kier alpha value is -1.48. The fourth-order valence-corrected chi connectivity index (χ4v) is 6.08. The van der Waals surface area contributed by atoms with Crippen molar-refractivity contribution < 1.29 is 14.7 Å². The molecule has 4 aliphatic carbocycles. The molecule has 0 heterocycles. The van der Waals surface area contributed by atoms with Crippen LogP contribution < -0.4 is 0 Å². The fraction of sp³-hybridized carbons (Fsp3) is 0.619. The summed E-state index contributed by atoms with van der Waals surface area (Å²) in [5.41, 5.74) is 1.49. The molecule has 1 N–H and O–H groups in total. The summed E-state index contributed by atoms with van der Waals surface area (Å²) in [5.74, 6) is 1.29. The Morgan fingerprint density at radius 2 is 2.04 bits per heavy atom. The maximum absolute atomic E-state index is 12.1. The van der Waals surface area contributed by atoms with Gasteiger partial charge in [-0.3, -0.25) is 9.59 Å². The summed E-state index contributed by atoms with van der Waals surface area (Å²) in [5, 5.41) is 11.1. The summed E-state index contributed by atoms with van der Waals surface area (Å²) < 4.78 is 0. The first-order valence-corrected chi connectivity index (χ1v) is 9.11. The molecule has 3 heteroatoms. The Bertz CT molecular complexity index is 713. The molecule has 128 valence electrons. The third-order valence-corrected chi connectivity index (χ3v) is 7.59. The number of carbonyl (C=O) groups excluding carboxylic acids is 2. The van der Waals surface area contributed by atoms with Crippen LogP contribution in [0.25, 0.3) is 0 Å². The summed E-state index contributed by atoms with van der Waals surface area (Å²) >= 11 is 0. The van der Waals surface area contributed by atoms with Crippen molar-refractivity contribution >= 4 is 11.6 Å². The van der Waals surface area contributed by atoms with Gasteiger partial charge >= 0.3 is 0 Å². The van der Waals surface area contributed by atoms with Gasteiger partial charge < -0.3 is 5.11 Å². The van der Waals surface area contributed by atoms with Crippen LogP contribution in [0.1, 0.15) is 46.5 Å². The van der Waals surface area contributed by atoms with Crippen molar-refractivity contribution in [3.05, 3.63) is 35.5 Å². The van der Waals surface area contributed by atoms with Gasteiger partial charge in [-0.2, -0.15) is 0 Å². The topological polar surface area (TPSA) is 54.4 Å². The fourth-order valence-electron chi connectivity index (χ4n) is 6.08. The number of allylic oxidation sites excluding steroid dienone is 5. The van der Waals surface area contributed by atoms with Gasteiger partial charge in [0.2, 0.25) is 0 Å². The number of hydrogen-bond donors (Lipinski definition) is 1. The van der Waals surface area contributed by atoms with Crippen LogP contribution in [0.2, 0.25) is 0 Å². The number of Topliss-reactive ketones (excluding diaryl/α,β-unsaturated/α-hetero) is 1. The molecule has 1 fully saturated rings. The number of rotatable bonds is 1. The molecule has 0 aromatic carbocycles. The van der Waals surface area contributed by atoms with Crippen molar-refractivity contribution in [1.82, 2.24) is 0 Å². The molecule has 0 saturated heterocycles. The van der Waals surface area contributed by atoms with Crippen LogP contribution in [0.5, 0.6) is 0 Å². The van der Waals surface area contributed by atoms with Gasteiger partial charge in [0.1, 0.15) is 0 Å². The van der Waals surface area contributed by atoms with E-state index < -0.39 is 11.5 Å². The average Bonchev–Trinajstić information content (AvgIpc) is 2.88. The zero-order valence-corrected chi connectivity index (χ0v) is 14.7. The van der Waals surface area contributed by atoms with Gasteiger partial charge in [-0.1, -0.05) is 32.1 Å². The third-order valence-electron chi connectivity index (χ3n) is 7.59. The standard InChI is InChI=1S/C21H26O3/c1-12(22)16-6-7-17-15-5-4-13-10-14(23)8-9-20(13,2)18(15)11-19(24)21(16,17)3/h4-6,10,15,17-19,24H,7-9,11H2,1-3H3/t15?,17?,18?,19-,20?,21?/m1/s1. The highest BCUT2D eigenvalue weighted by Gasteiger charge is 2.60. The minimum Gasteiger partial charge on any atom is -0.392 e. The molecule has 0 aromatic rings. The highest BCUT2D eigenvalue weighted by molar-refractivity contribution is 5.95. The van der Waals surface area contributed by atoms with Crippen molar-refractivity contribution in [3.63, 3.8) is 0 Å². The van der Waals surface area contributed by atoms with E-state index >= 15 is 0 Å². The van der Waals surface area contributed by atoms with Crippen LogP contribution in [0.4, 0.5) is 0 Å². The number of aliphatic hydroxyl groups excluding tert-OH is 1. The minimum absolute atomic E-state index is 0.0331.